The molecule has 0 saturated heterocycles. The zero-order valence-corrected chi connectivity index (χ0v) is 15.0. The number of rotatable bonds is 5. The van der Waals surface area contributed by atoms with Crippen molar-refractivity contribution >= 4 is 23.5 Å². The van der Waals surface area contributed by atoms with Crippen molar-refractivity contribution in [3.63, 3.8) is 0 Å². The molecule has 3 N–H and O–H groups in total. The van der Waals surface area contributed by atoms with Gasteiger partial charge in [0.15, 0.2) is 0 Å². The highest BCUT2D eigenvalue weighted by Gasteiger charge is 2.13. The number of halogens is 2. The van der Waals surface area contributed by atoms with Gasteiger partial charge < -0.3 is 15.6 Å². The molecule has 3 aromatic rings. The summed E-state index contributed by atoms with van der Waals surface area (Å²) in [7, 11) is 1.74. The van der Waals surface area contributed by atoms with Crippen LogP contribution in [0.25, 0.3) is 11.3 Å². The maximum atomic E-state index is 13.2. The number of anilines is 1. The topological polar surface area (TPSA) is 82.7 Å². The van der Waals surface area contributed by atoms with Gasteiger partial charge in [-0.2, -0.15) is 0 Å². The van der Waals surface area contributed by atoms with Crippen LogP contribution in [0.5, 0.6) is 0 Å². The van der Waals surface area contributed by atoms with Crippen molar-refractivity contribution in [1.82, 2.24) is 20.3 Å². The van der Waals surface area contributed by atoms with Crippen LogP contribution in [0.1, 0.15) is 21.6 Å². The number of H-pyrrole nitrogens is 1. The first-order chi connectivity index (χ1) is 12.5. The first kappa shape index (κ1) is 17.9. The lowest BCUT2D eigenvalue weighted by Crippen LogP contribution is -2.23. The highest BCUT2D eigenvalue weighted by molar-refractivity contribution is 6.30. The van der Waals surface area contributed by atoms with E-state index in [4.69, 9.17) is 11.6 Å². The summed E-state index contributed by atoms with van der Waals surface area (Å²) in [5, 5.41) is 5.69. The number of hydrogen-bond donors (Lipinski definition) is 3. The average molecular weight is 374 g/mol. The van der Waals surface area contributed by atoms with Crippen molar-refractivity contribution in [3.8, 4) is 11.3 Å². The van der Waals surface area contributed by atoms with Gasteiger partial charge in [0.25, 0.3) is 5.91 Å². The summed E-state index contributed by atoms with van der Waals surface area (Å²) in [6, 6.07) is 6.06. The molecule has 8 heteroatoms. The number of carbonyl (C=O) groups excluding carboxylic acids is 1. The molecule has 0 aliphatic heterocycles. The molecule has 0 saturated carbocycles. The van der Waals surface area contributed by atoms with E-state index in [-0.39, 0.29) is 17.5 Å². The highest BCUT2D eigenvalue weighted by Crippen LogP contribution is 2.22. The predicted molar refractivity (Wildman–Crippen MR) is 98.7 cm³/mol. The van der Waals surface area contributed by atoms with E-state index < -0.39 is 5.82 Å². The molecular formula is C18H17ClFN5O. The molecule has 3 rings (SSSR count). The van der Waals surface area contributed by atoms with Gasteiger partial charge in [-0.1, -0.05) is 17.7 Å². The van der Waals surface area contributed by atoms with Crippen LogP contribution < -0.4 is 10.6 Å². The van der Waals surface area contributed by atoms with Crippen LogP contribution in [0, 0.1) is 12.7 Å². The SMILES string of the molecule is CNc1ncc(C)c(-c2c[nH]c(C(=O)NCc3ccc(F)c(Cl)c3)c2)n1. The van der Waals surface area contributed by atoms with Gasteiger partial charge in [-0.25, -0.2) is 14.4 Å². The number of nitrogens with one attached hydrogen (secondary N) is 3. The molecule has 26 heavy (non-hydrogen) atoms. The number of hydrogen-bond acceptors (Lipinski definition) is 4. The summed E-state index contributed by atoms with van der Waals surface area (Å²) in [4.78, 5) is 23.8. The van der Waals surface area contributed by atoms with E-state index >= 15 is 0 Å². The first-order valence-electron chi connectivity index (χ1n) is 7.90. The maximum Gasteiger partial charge on any atom is 0.267 e. The van der Waals surface area contributed by atoms with Crippen LogP contribution in [0.4, 0.5) is 10.3 Å². The Hall–Kier alpha value is -2.93. The Morgan fingerprint density at radius 1 is 1.35 bits per heavy atom. The number of amides is 1. The van der Waals surface area contributed by atoms with Crippen LogP contribution in [0.2, 0.25) is 5.02 Å². The standard InChI is InChI=1S/C18H17ClFN5O/c1-10-7-24-18(21-2)25-16(10)12-6-15(22-9-12)17(26)23-8-11-3-4-14(20)13(19)5-11/h3-7,9,22H,8H2,1-2H3,(H,23,26)(H,21,24,25). The number of aromatic amines is 1. The monoisotopic (exact) mass is 373 g/mol. The minimum absolute atomic E-state index is 0.0264. The second kappa shape index (κ2) is 7.53. The molecule has 0 atom stereocenters. The van der Waals surface area contributed by atoms with Gasteiger partial charge in [-0.3, -0.25) is 4.79 Å². The highest BCUT2D eigenvalue weighted by atomic mass is 35.5. The van der Waals surface area contributed by atoms with Crippen LogP contribution in [0.15, 0.2) is 36.7 Å². The minimum Gasteiger partial charge on any atom is -0.357 e. The molecule has 2 heterocycles. The van der Waals surface area contributed by atoms with E-state index in [1.807, 2.05) is 6.92 Å². The quantitative estimate of drug-likeness (QED) is 0.638. The summed E-state index contributed by atoms with van der Waals surface area (Å²) >= 11 is 5.75. The van der Waals surface area contributed by atoms with Crippen molar-refractivity contribution < 1.29 is 9.18 Å². The summed E-state index contributed by atoms with van der Waals surface area (Å²) < 4.78 is 13.2. The zero-order valence-electron chi connectivity index (χ0n) is 14.2. The van der Waals surface area contributed by atoms with Crippen molar-refractivity contribution in [1.29, 1.82) is 0 Å². The second-order valence-corrected chi connectivity index (χ2v) is 6.12. The van der Waals surface area contributed by atoms with Crippen molar-refractivity contribution in [2.45, 2.75) is 13.5 Å². The maximum absolute atomic E-state index is 13.2. The molecule has 0 radical (unpaired) electrons. The Morgan fingerprint density at radius 2 is 2.15 bits per heavy atom. The largest absolute Gasteiger partial charge is 0.357 e. The zero-order chi connectivity index (χ0) is 18.7. The van der Waals surface area contributed by atoms with Crippen LogP contribution in [-0.2, 0) is 6.54 Å². The molecule has 0 aliphatic rings. The Kier molecular flexibility index (Phi) is 5.18. The van der Waals surface area contributed by atoms with E-state index in [9.17, 15) is 9.18 Å². The molecule has 134 valence electrons. The fraction of sp³-hybridized carbons (Fsp3) is 0.167. The Morgan fingerprint density at radius 3 is 2.88 bits per heavy atom. The minimum atomic E-state index is -0.489. The van der Waals surface area contributed by atoms with Gasteiger partial charge in [-0.05, 0) is 36.2 Å². The number of aryl methyl sites for hydroxylation is 1. The lowest BCUT2D eigenvalue weighted by molar-refractivity contribution is 0.0946. The molecule has 0 fully saturated rings. The van der Waals surface area contributed by atoms with Crippen molar-refractivity contribution in [3.05, 3.63) is 64.3 Å². The third-order valence-corrected chi connectivity index (χ3v) is 4.12. The Labute approximate surface area is 154 Å². The van der Waals surface area contributed by atoms with E-state index in [0.717, 1.165) is 16.8 Å². The third kappa shape index (κ3) is 3.83. The molecule has 0 aliphatic carbocycles. The van der Waals surface area contributed by atoms with Crippen LogP contribution >= 0.6 is 11.6 Å². The van der Waals surface area contributed by atoms with E-state index in [2.05, 4.69) is 25.6 Å². The van der Waals surface area contributed by atoms with Gasteiger partial charge in [0, 0.05) is 31.5 Å². The number of carbonyl (C=O) groups is 1. The molecule has 0 unspecified atom stereocenters. The van der Waals surface area contributed by atoms with E-state index in [1.54, 1.807) is 31.6 Å². The van der Waals surface area contributed by atoms with Gasteiger partial charge >= 0.3 is 0 Å². The molecule has 0 bridgehead atoms. The first-order valence-corrected chi connectivity index (χ1v) is 8.28. The second-order valence-electron chi connectivity index (χ2n) is 5.71. The molecule has 2 aromatic heterocycles. The average Bonchev–Trinajstić information content (AvgIpc) is 3.13. The number of aromatic nitrogens is 3. The number of benzene rings is 1. The summed E-state index contributed by atoms with van der Waals surface area (Å²) in [5.74, 6) is -0.264. The van der Waals surface area contributed by atoms with Gasteiger partial charge in [-0.15, -0.1) is 0 Å². The summed E-state index contributed by atoms with van der Waals surface area (Å²) in [5.41, 5.74) is 3.54. The molecule has 6 nitrogen and oxygen atoms in total. The lowest BCUT2D eigenvalue weighted by atomic mass is 10.1. The van der Waals surface area contributed by atoms with Crippen LogP contribution in [-0.4, -0.2) is 27.9 Å². The Bertz CT molecular complexity index is 957. The summed E-state index contributed by atoms with van der Waals surface area (Å²) in [6.07, 6.45) is 3.44. The van der Waals surface area contributed by atoms with Crippen LogP contribution in [0.3, 0.4) is 0 Å². The third-order valence-electron chi connectivity index (χ3n) is 3.83. The van der Waals surface area contributed by atoms with Gasteiger partial charge in [0.2, 0.25) is 5.95 Å². The van der Waals surface area contributed by atoms with Crippen molar-refractivity contribution in [2.75, 3.05) is 12.4 Å². The number of nitrogens with zero attached hydrogens (tertiary/aromatic N) is 2. The lowest BCUT2D eigenvalue weighted by Gasteiger charge is -2.05. The van der Waals surface area contributed by atoms with Gasteiger partial charge in [0.05, 0.1) is 10.7 Å². The Balaban J connectivity index is 1.73. The fourth-order valence-corrected chi connectivity index (χ4v) is 2.65. The fourth-order valence-electron chi connectivity index (χ4n) is 2.44. The predicted octanol–water partition coefficient (Wildman–Crippen LogP) is 3.54. The van der Waals surface area contributed by atoms with E-state index in [0.29, 0.717) is 17.2 Å². The smallest absolute Gasteiger partial charge is 0.267 e. The molecule has 1 aromatic carbocycles. The van der Waals surface area contributed by atoms with Crippen molar-refractivity contribution in [2.24, 2.45) is 0 Å². The molecular weight excluding hydrogens is 357 g/mol. The van der Waals surface area contributed by atoms with Gasteiger partial charge in [0.1, 0.15) is 11.5 Å². The normalized spacial score (nSPS) is 10.6. The van der Waals surface area contributed by atoms with E-state index in [1.165, 1.54) is 12.1 Å². The molecule has 0 spiro atoms. The summed E-state index contributed by atoms with van der Waals surface area (Å²) in [6.45, 7) is 2.14. The molecule has 1 amide bonds.